The van der Waals surface area contributed by atoms with E-state index in [2.05, 4.69) is 0 Å². The summed E-state index contributed by atoms with van der Waals surface area (Å²) in [6.07, 6.45) is 1.98. The molecule has 0 atom stereocenters. The van der Waals surface area contributed by atoms with Crippen LogP contribution in [0.4, 0.5) is 0 Å². The van der Waals surface area contributed by atoms with Gasteiger partial charge < -0.3 is 5.11 Å². The van der Waals surface area contributed by atoms with Gasteiger partial charge in [-0.05, 0) is 18.8 Å². The van der Waals surface area contributed by atoms with E-state index in [0.29, 0.717) is 0 Å². The quantitative estimate of drug-likeness (QED) is 0.676. The van der Waals surface area contributed by atoms with Crippen LogP contribution in [0.5, 0.6) is 0 Å². The van der Waals surface area contributed by atoms with Gasteiger partial charge in [0, 0.05) is 13.1 Å². The summed E-state index contributed by atoms with van der Waals surface area (Å²) in [5.74, 6) is -0.218. The predicted molar refractivity (Wildman–Crippen MR) is 48.6 cm³/mol. The summed E-state index contributed by atoms with van der Waals surface area (Å²) in [5.41, 5.74) is -0.803. The van der Waals surface area contributed by atoms with Crippen molar-refractivity contribution in [2.45, 2.75) is 18.4 Å². The Morgan fingerprint density at radius 3 is 2.50 bits per heavy atom. The normalized spacial score (nSPS) is 26.6. The third kappa shape index (κ3) is 1.52. The average Bonchev–Trinajstić information content (AvgIpc) is 2.80. The molecule has 6 heteroatoms. The van der Waals surface area contributed by atoms with Gasteiger partial charge in [0.25, 0.3) is 0 Å². The van der Waals surface area contributed by atoms with Crippen LogP contribution < -0.4 is 0 Å². The summed E-state index contributed by atoms with van der Waals surface area (Å²) in [5, 5.41) is 18.2. The molecule has 0 aromatic heterocycles. The highest BCUT2D eigenvalue weighted by molar-refractivity contribution is 7.89. The minimum Gasteiger partial charge on any atom is -0.387 e. The maximum Gasteiger partial charge on any atom is 0.227 e. The summed E-state index contributed by atoms with van der Waals surface area (Å²) < 4.78 is 23.9. The van der Waals surface area contributed by atoms with Crippen LogP contribution in [0.1, 0.15) is 12.8 Å². The van der Waals surface area contributed by atoms with E-state index in [1.807, 2.05) is 0 Å². The Morgan fingerprint density at radius 1 is 1.50 bits per heavy atom. The molecule has 1 saturated carbocycles. The molecule has 1 N–H and O–H groups in total. The van der Waals surface area contributed by atoms with Crippen molar-refractivity contribution in [1.82, 2.24) is 4.31 Å². The first-order chi connectivity index (χ1) is 6.48. The second-order valence-corrected chi connectivity index (χ2v) is 6.03. The van der Waals surface area contributed by atoms with E-state index in [9.17, 15) is 13.5 Å². The summed E-state index contributed by atoms with van der Waals surface area (Å²) in [7, 11) is -3.44. The molecule has 0 spiro atoms. The average molecular weight is 216 g/mol. The molecule has 0 radical (unpaired) electrons. The monoisotopic (exact) mass is 216 g/mol. The predicted octanol–water partition coefficient (Wildman–Crippen LogP) is -0.704. The molecular formula is C8H12N2O3S. The SMILES string of the molecule is N#CCS(=O)(=O)N1CC(O)(C2CC2)C1. The van der Waals surface area contributed by atoms with Crippen molar-refractivity contribution >= 4 is 10.0 Å². The highest BCUT2D eigenvalue weighted by Gasteiger charge is 2.54. The van der Waals surface area contributed by atoms with Gasteiger partial charge in [0.05, 0.1) is 11.7 Å². The van der Waals surface area contributed by atoms with E-state index >= 15 is 0 Å². The molecular weight excluding hydrogens is 204 g/mol. The van der Waals surface area contributed by atoms with E-state index < -0.39 is 21.4 Å². The van der Waals surface area contributed by atoms with Crippen molar-refractivity contribution in [3.8, 4) is 6.07 Å². The first kappa shape index (κ1) is 9.90. The van der Waals surface area contributed by atoms with Crippen LogP contribution in [0.25, 0.3) is 0 Å². The molecule has 78 valence electrons. The van der Waals surface area contributed by atoms with Crippen LogP contribution in [-0.4, -0.2) is 42.3 Å². The second-order valence-electron chi connectivity index (χ2n) is 4.06. The summed E-state index contributed by atoms with van der Waals surface area (Å²) in [6, 6.07) is 1.62. The van der Waals surface area contributed by atoms with Gasteiger partial charge in [0.2, 0.25) is 10.0 Å². The number of rotatable bonds is 3. The first-order valence-electron chi connectivity index (χ1n) is 4.55. The van der Waals surface area contributed by atoms with E-state index in [-0.39, 0.29) is 19.0 Å². The van der Waals surface area contributed by atoms with E-state index in [0.717, 1.165) is 12.8 Å². The lowest BCUT2D eigenvalue weighted by Crippen LogP contribution is -2.64. The molecule has 1 aliphatic carbocycles. The van der Waals surface area contributed by atoms with Crippen molar-refractivity contribution in [2.75, 3.05) is 18.8 Å². The van der Waals surface area contributed by atoms with Gasteiger partial charge in [-0.25, -0.2) is 8.42 Å². The molecule has 0 aromatic carbocycles. The molecule has 0 amide bonds. The van der Waals surface area contributed by atoms with Crippen LogP contribution in [0.2, 0.25) is 0 Å². The third-order valence-corrected chi connectivity index (χ3v) is 4.42. The number of nitriles is 1. The van der Waals surface area contributed by atoms with Gasteiger partial charge in [0.1, 0.15) is 0 Å². The van der Waals surface area contributed by atoms with Gasteiger partial charge >= 0.3 is 0 Å². The van der Waals surface area contributed by atoms with Crippen molar-refractivity contribution < 1.29 is 13.5 Å². The summed E-state index contributed by atoms with van der Waals surface area (Å²) in [6.45, 7) is 0.337. The fourth-order valence-electron chi connectivity index (χ4n) is 1.81. The van der Waals surface area contributed by atoms with Gasteiger partial charge in [-0.1, -0.05) is 0 Å². The van der Waals surface area contributed by atoms with Crippen LogP contribution in [-0.2, 0) is 10.0 Å². The van der Waals surface area contributed by atoms with Crippen LogP contribution >= 0.6 is 0 Å². The minimum atomic E-state index is -3.44. The molecule has 2 rings (SSSR count). The van der Waals surface area contributed by atoms with Crippen molar-refractivity contribution in [2.24, 2.45) is 5.92 Å². The zero-order valence-electron chi connectivity index (χ0n) is 7.68. The Bertz CT molecular complexity index is 374. The number of hydrogen-bond donors (Lipinski definition) is 1. The van der Waals surface area contributed by atoms with Crippen molar-refractivity contribution in [3.05, 3.63) is 0 Å². The Kier molecular flexibility index (Phi) is 2.07. The molecule has 2 fully saturated rings. The summed E-state index contributed by atoms with van der Waals surface area (Å²) in [4.78, 5) is 0. The van der Waals surface area contributed by atoms with E-state index in [1.165, 1.54) is 4.31 Å². The number of β-amino-alcohol motifs (C(OH)–C–C–N with tert-alkyl or cyclic N) is 1. The fourth-order valence-corrected chi connectivity index (χ4v) is 3.00. The Labute approximate surface area is 83.0 Å². The highest BCUT2D eigenvalue weighted by Crippen LogP contribution is 2.45. The lowest BCUT2D eigenvalue weighted by Gasteiger charge is -2.45. The van der Waals surface area contributed by atoms with Gasteiger partial charge in [-0.15, -0.1) is 0 Å². The zero-order chi connectivity index (χ0) is 10.4. The van der Waals surface area contributed by atoms with Crippen LogP contribution in [0.15, 0.2) is 0 Å². The zero-order valence-corrected chi connectivity index (χ0v) is 8.50. The van der Waals surface area contributed by atoms with Gasteiger partial charge in [-0.2, -0.15) is 9.57 Å². The minimum absolute atomic E-state index is 0.168. The Morgan fingerprint density at radius 2 is 2.07 bits per heavy atom. The topological polar surface area (TPSA) is 81.4 Å². The summed E-state index contributed by atoms with van der Waals surface area (Å²) >= 11 is 0. The molecule has 5 nitrogen and oxygen atoms in total. The van der Waals surface area contributed by atoms with E-state index in [1.54, 1.807) is 6.07 Å². The van der Waals surface area contributed by atoms with Gasteiger partial charge in [-0.3, -0.25) is 0 Å². The maximum atomic E-state index is 11.3. The third-order valence-electron chi connectivity index (χ3n) is 2.88. The number of nitrogens with zero attached hydrogens (tertiary/aromatic N) is 2. The Hall–Kier alpha value is -0.640. The smallest absolute Gasteiger partial charge is 0.227 e. The second kappa shape index (κ2) is 2.92. The van der Waals surface area contributed by atoms with E-state index in [4.69, 9.17) is 5.26 Å². The first-order valence-corrected chi connectivity index (χ1v) is 6.16. The molecule has 1 saturated heterocycles. The fraction of sp³-hybridized carbons (Fsp3) is 0.875. The Balaban J connectivity index is 1.97. The van der Waals surface area contributed by atoms with Crippen molar-refractivity contribution in [1.29, 1.82) is 5.26 Å². The molecule has 0 bridgehead atoms. The molecule has 2 aliphatic rings. The van der Waals surface area contributed by atoms with Crippen LogP contribution in [0, 0.1) is 17.2 Å². The largest absolute Gasteiger partial charge is 0.387 e. The lowest BCUT2D eigenvalue weighted by atomic mass is 9.91. The van der Waals surface area contributed by atoms with Crippen LogP contribution in [0.3, 0.4) is 0 Å². The molecule has 14 heavy (non-hydrogen) atoms. The number of aliphatic hydroxyl groups is 1. The molecule has 1 heterocycles. The molecule has 1 aliphatic heterocycles. The standard InChI is InChI=1S/C8H12N2O3S/c9-3-4-14(12,13)10-5-8(11,6-10)7-1-2-7/h7,11H,1-2,4-6H2. The number of sulfonamides is 1. The number of hydrogen-bond acceptors (Lipinski definition) is 4. The molecule has 0 aromatic rings. The maximum absolute atomic E-state index is 11.3. The highest BCUT2D eigenvalue weighted by atomic mass is 32.2. The molecule has 0 unspecified atom stereocenters. The van der Waals surface area contributed by atoms with Crippen molar-refractivity contribution in [3.63, 3.8) is 0 Å². The lowest BCUT2D eigenvalue weighted by molar-refractivity contribution is -0.0763. The van der Waals surface area contributed by atoms with Gasteiger partial charge in [0.15, 0.2) is 5.75 Å².